The molecule has 4 heteroatoms. The molecule has 98 valence electrons. The van der Waals surface area contributed by atoms with Crippen molar-refractivity contribution in [2.75, 3.05) is 16.8 Å². The largest absolute Gasteiger partial charge is 0.311 e. The number of nitrogens with zero attached hydrogens (tertiary/aromatic N) is 1. The number of fused-ring (bicyclic) bond motifs is 1. The van der Waals surface area contributed by atoms with Crippen LogP contribution in [-0.4, -0.2) is 17.8 Å². The normalized spacial score (nSPS) is 19.4. The zero-order valence-electron chi connectivity index (χ0n) is 10.3. The van der Waals surface area contributed by atoms with Crippen molar-refractivity contribution >= 4 is 54.2 Å². The molecule has 0 bridgehead atoms. The van der Waals surface area contributed by atoms with Gasteiger partial charge in [-0.2, -0.15) is 0 Å². The third-order valence-corrected chi connectivity index (χ3v) is 5.17. The maximum absolute atomic E-state index is 12.2. The number of anilines is 1. The molecular weight excluding hydrogens is 370 g/mol. The molecule has 0 N–H and O–H groups in total. The van der Waals surface area contributed by atoms with Gasteiger partial charge in [0.25, 0.3) is 0 Å². The van der Waals surface area contributed by atoms with E-state index in [1.807, 2.05) is 29.2 Å². The Morgan fingerprint density at radius 1 is 1.16 bits per heavy atom. The van der Waals surface area contributed by atoms with E-state index in [0.29, 0.717) is 12.3 Å². The van der Waals surface area contributed by atoms with Gasteiger partial charge in [0.2, 0.25) is 5.91 Å². The molecule has 0 saturated carbocycles. The van der Waals surface area contributed by atoms with Gasteiger partial charge in [0, 0.05) is 28.2 Å². The minimum Gasteiger partial charge on any atom is -0.311 e. The summed E-state index contributed by atoms with van der Waals surface area (Å²) in [6, 6.07) is 12.2. The molecule has 2 aromatic rings. The molecule has 1 saturated heterocycles. The van der Waals surface area contributed by atoms with Crippen LogP contribution in [0.1, 0.15) is 6.42 Å². The fraction of sp³-hybridized carbons (Fsp3) is 0.267. The van der Waals surface area contributed by atoms with E-state index < -0.39 is 0 Å². The zero-order chi connectivity index (χ0) is 13.4. The summed E-state index contributed by atoms with van der Waals surface area (Å²) in [6.07, 6.45) is 0.635. The standard InChI is InChI=1S/C15H13Br2NO/c16-8-10-7-15(19)18(9-10)14-6-5-13(17)11-3-1-2-4-12(11)14/h1-6,10H,7-9H2. The number of hydrogen-bond donors (Lipinski definition) is 0. The lowest BCUT2D eigenvalue weighted by atomic mass is 10.1. The summed E-state index contributed by atoms with van der Waals surface area (Å²) >= 11 is 7.05. The zero-order valence-corrected chi connectivity index (χ0v) is 13.4. The second-order valence-corrected chi connectivity index (χ2v) is 6.34. The van der Waals surface area contributed by atoms with Crippen molar-refractivity contribution in [3.05, 3.63) is 40.9 Å². The Morgan fingerprint density at radius 2 is 1.89 bits per heavy atom. The molecule has 1 aliphatic heterocycles. The molecule has 3 rings (SSSR count). The van der Waals surface area contributed by atoms with E-state index in [-0.39, 0.29) is 5.91 Å². The summed E-state index contributed by atoms with van der Waals surface area (Å²) in [6.45, 7) is 0.801. The van der Waals surface area contributed by atoms with Crippen LogP contribution >= 0.6 is 31.9 Å². The van der Waals surface area contributed by atoms with Crippen molar-refractivity contribution in [2.45, 2.75) is 6.42 Å². The fourth-order valence-corrected chi connectivity index (χ4v) is 3.51. The van der Waals surface area contributed by atoms with E-state index >= 15 is 0 Å². The highest BCUT2D eigenvalue weighted by Crippen LogP contribution is 2.35. The van der Waals surface area contributed by atoms with Gasteiger partial charge in [0.05, 0.1) is 5.69 Å². The summed E-state index contributed by atoms with van der Waals surface area (Å²) in [5, 5.41) is 3.15. The molecule has 1 amide bonds. The predicted octanol–water partition coefficient (Wildman–Crippen LogP) is 4.35. The number of carbonyl (C=O) groups excluding carboxylic acids is 1. The third kappa shape index (κ3) is 2.32. The van der Waals surface area contributed by atoms with E-state index in [9.17, 15) is 4.79 Å². The molecule has 1 heterocycles. The molecule has 2 aromatic carbocycles. The average Bonchev–Trinajstić information content (AvgIpc) is 2.81. The van der Waals surface area contributed by atoms with Crippen molar-refractivity contribution in [3.8, 4) is 0 Å². The summed E-state index contributed by atoms with van der Waals surface area (Å²) in [5.41, 5.74) is 1.02. The quantitative estimate of drug-likeness (QED) is 0.707. The monoisotopic (exact) mass is 381 g/mol. The lowest BCUT2D eigenvalue weighted by Gasteiger charge is -2.19. The van der Waals surface area contributed by atoms with Crippen molar-refractivity contribution in [1.82, 2.24) is 0 Å². The molecule has 2 nitrogen and oxygen atoms in total. The topological polar surface area (TPSA) is 20.3 Å². The van der Waals surface area contributed by atoms with E-state index in [4.69, 9.17) is 0 Å². The molecule has 1 atom stereocenters. The van der Waals surface area contributed by atoms with Gasteiger partial charge < -0.3 is 4.90 Å². The van der Waals surface area contributed by atoms with Crippen LogP contribution in [0.3, 0.4) is 0 Å². The number of halogens is 2. The lowest BCUT2D eigenvalue weighted by Crippen LogP contribution is -2.24. The first-order valence-corrected chi connectivity index (χ1v) is 8.15. The van der Waals surface area contributed by atoms with Gasteiger partial charge in [-0.15, -0.1) is 0 Å². The van der Waals surface area contributed by atoms with E-state index in [2.05, 4.69) is 44.0 Å². The molecule has 1 aliphatic rings. The van der Waals surface area contributed by atoms with Crippen LogP contribution < -0.4 is 4.90 Å². The van der Waals surface area contributed by atoms with Gasteiger partial charge >= 0.3 is 0 Å². The second kappa shape index (κ2) is 5.25. The van der Waals surface area contributed by atoms with Crippen LogP contribution in [0.4, 0.5) is 5.69 Å². The summed E-state index contributed by atoms with van der Waals surface area (Å²) in [4.78, 5) is 14.1. The Labute approximate surface area is 129 Å². The summed E-state index contributed by atoms with van der Waals surface area (Å²) in [5.74, 6) is 0.631. The highest BCUT2D eigenvalue weighted by Gasteiger charge is 2.30. The van der Waals surface area contributed by atoms with Crippen LogP contribution in [-0.2, 0) is 4.79 Å². The van der Waals surface area contributed by atoms with Crippen molar-refractivity contribution < 1.29 is 4.79 Å². The van der Waals surface area contributed by atoms with Crippen LogP contribution in [0.25, 0.3) is 10.8 Å². The Balaban J connectivity index is 2.11. The summed E-state index contributed by atoms with van der Waals surface area (Å²) in [7, 11) is 0. The third-order valence-electron chi connectivity index (χ3n) is 3.56. The second-order valence-electron chi connectivity index (χ2n) is 4.84. The molecule has 0 aliphatic carbocycles. The molecule has 19 heavy (non-hydrogen) atoms. The first kappa shape index (κ1) is 13.1. The van der Waals surface area contributed by atoms with Gasteiger partial charge in [-0.25, -0.2) is 0 Å². The number of rotatable bonds is 2. The Morgan fingerprint density at radius 3 is 2.58 bits per heavy atom. The minimum absolute atomic E-state index is 0.219. The fourth-order valence-electron chi connectivity index (χ4n) is 2.60. The van der Waals surface area contributed by atoms with Gasteiger partial charge in [0.1, 0.15) is 0 Å². The SMILES string of the molecule is O=C1CC(CBr)CN1c1ccc(Br)c2ccccc12. The molecular formula is C15H13Br2NO. The van der Waals surface area contributed by atoms with Gasteiger partial charge in [-0.1, -0.05) is 56.1 Å². The number of alkyl halides is 1. The highest BCUT2D eigenvalue weighted by molar-refractivity contribution is 9.10. The van der Waals surface area contributed by atoms with E-state index in [1.54, 1.807) is 0 Å². The van der Waals surface area contributed by atoms with Crippen molar-refractivity contribution in [2.24, 2.45) is 5.92 Å². The number of carbonyl (C=O) groups is 1. The number of benzene rings is 2. The lowest BCUT2D eigenvalue weighted by molar-refractivity contribution is -0.117. The van der Waals surface area contributed by atoms with Crippen LogP contribution in [0.5, 0.6) is 0 Å². The first-order valence-electron chi connectivity index (χ1n) is 6.24. The highest BCUT2D eigenvalue weighted by atomic mass is 79.9. The molecule has 0 aromatic heterocycles. The van der Waals surface area contributed by atoms with Crippen LogP contribution in [0.15, 0.2) is 40.9 Å². The Hall–Kier alpha value is -0.870. The number of hydrogen-bond acceptors (Lipinski definition) is 1. The summed E-state index contributed by atoms with van der Waals surface area (Å²) < 4.78 is 1.07. The smallest absolute Gasteiger partial charge is 0.227 e. The van der Waals surface area contributed by atoms with Gasteiger partial charge in [-0.3, -0.25) is 4.79 Å². The molecule has 0 radical (unpaired) electrons. The van der Waals surface area contributed by atoms with E-state index in [0.717, 1.165) is 32.8 Å². The van der Waals surface area contributed by atoms with Gasteiger partial charge in [0.15, 0.2) is 0 Å². The average molecular weight is 383 g/mol. The molecule has 0 spiro atoms. The minimum atomic E-state index is 0.219. The first-order chi connectivity index (χ1) is 9.20. The molecule has 1 unspecified atom stereocenters. The maximum atomic E-state index is 12.2. The van der Waals surface area contributed by atoms with Crippen LogP contribution in [0, 0.1) is 5.92 Å². The van der Waals surface area contributed by atoms with Crippen molar-refractivity contribution in [1.29, 1.82) is 0 Å². The Bertz CT molecular complexity index is 641. The molecule has 1 fully saturated rings. The Kier molecular flexibility index (Phi) is 3.63. The maximum Gasteiger partial charge on any atom is 0.227 e. The predicted molar refractivity (Wildman–Crippen MR) is 85.9 cm³/mol. The van der Waals surface area contributed by atoms with Crippen LogP contribution in [0.2, 0.25) is 0 Å². The van der Waals surface area contributed by atoms with E-state index in [1.165, 1.54) is 0 Å². The van der Waals surface area contributed by atoms with Gasteiger partial charge in [-0.05, 0) is 23.4 Å². The van der Waals surface area contributed by atoms with Crippen molar-refractivity contribution in [3.63, 3.8) is 0 Å². The number of amides is 1.